The molecule has 1 aromatic rings. The normalized spacial score (nSPS) is 19.3. The maximum Gasteiger partial charge on any atom is 0.0510 e. The molecule has 0 saturated carbocycles. The summed E-state index contributed by atoms with van der Waals surface area (Å²) in [5.74, 6) is 0.623. The largest absolute Gasteiger partial charge is 0.396 e. The van der Waals surface area contributed by atoms with E-state index < -0.39 is 0 Å². The number of halogens is 1. The van der Waals surface area contributed by atoms with Gasteiger partial charge in [0, 0.05) is 36.8 Å². The summed E-state index contributed by atoms with van der Waals surface area (Å²) in [6.07, 6.45) is 3.38. The van der Waals surface area contributed by atoms with Gasteiger partial charge in [0.1, 0.15) is 0 Å². The molecule has 0 aromatic heterocycles. The number of piperidine rings is 1. The minimum atomic E-state index is 0.305. The second-order valence-electron chi connectivity index (χ2n) is 6.29. The second-order valence-corrected chi connectivity index (χ2v) is 7.14. The van der Waals surface area contributed by atoms with Crippen molar-refractivity contribution in [3.8, 4) is 0 Å². The molecule has 1 fully saturated rings. The molecule has 4 heteroatoms. The van der Waals surface area contributed by atoms with Crippen molar-refractivity contribution in [2.24, 2.45) is 5.92 Å². The van der Waals surface area contributed by atoms with Crippen molar-refractivity contribution in [3.63, 3.8) is 0 Å². The molecular weight excluding hydrogens is 328 g/mol. The highest BCUT2D eigenvalue weighted by Crippen LogP contribution is 2.31. The third-order valence-corrected chi connectivity index (χ3v) is 4.76. The lowest BCUT2D eigenvalue weighted by Gasteiger charge is -2.35. The SMILES string of the molecule is CC(C)NCc1ccc(N2CCCC(CCO)C2)c(Br)c1. The molecule has 0 spiro atoms. The van der Waals surface area contributed by atoms with Crippen LogP contribution in [0.15, 0.2) is 22.7 Å². The van der Waals surface area contributed by atoms with Crippen LogP contribution >= 0.6 is 15.9 Å². The van der Waals surface area contributed by atoms with Gasteiger partial charge in [0.05, 0.1) is 5.69 Å². The molecule has 0 radical (unpaired) electrons. The molecule has 1 atom stereocenters. The fourth-order valence-electron chi connectivity index (χ4n) is 2.94. The zero-order chi connectivity index (χ0) is 15.2. The van der Waals surface area contributed by atoms with Crippen molar-refractivity contribution >= 4 is 21.6 Å². The average molecular weight is 355 g/mol. The van der Waals surface area contributed by atoms with E-state index in [-0.39, 0.29) is 0 Å². The molecule has 3 nitrogen and oxygen atoms in total. The topological polar surface area (TPSA) is 35.5 Å². The molecule has 2 N–H and O–H groups in total. The Kier molecular flexibility index (Phi) is 6.52. The van der Waals surface area contributed by atoms with Crippen LogP contribution in [0.1, 0.15) is 38.7 Å². The van der Waals surface area contributed by atoms with Gasteiger partial charge in [0.25, 0.3) is 0 Å². The predicted molar refractivity (Wildman–Crippen MR) is 92.8 cm³/mol. The highest BCUT2D eigenvalue weighted by atomic mass is 79.9. The van der Waals surface area contributed by atoms with E-state index in [1.807, 2.05) is 0 Å². The van der Waals surface area contributed by atoms with Gasteiger partial charge in [-0.25, -0.2) is 0 Å². The number of aliphatic hydroxyl groups excluding tert-OH is 1. The first-order valence-corrected chi connectivity index (χ1v) is 8.77. The number of rotatable bonds is 6. The van der Waals surface area contributed by atoms with E-state index in [4.69, 9.17) is 5.11 Å². The summed E-state index contributed by atoms with van der Waals surface area (Å²) in [5.41, 5.74) is 2.59. The summed E-state index contributed by atoms with van der Waals surface area (Å²) in [5, 5.41) is 12.6. The first-order valence-electron chi connectivity index (χ1n) is 7.97. The van der Waals surface area contributed by atoms with E-state index in [0.29, 0.717) is 18.6 Å². The van der Waals surface area contributed by atoms with Crippen LogP contribution < -0.4 is 10.2 Å². The molecule has 0 amide bonds. The molecule has 0 bridgehead atoms. The third kappa shape index (κ3) is 4.97. The van der Waals surface area contributed by atoms with Crippen LogP contribution in [0.25, 0.3) is 0 Å². The molecule has 1 saturated heterocycles. The van der Waals surface area contributed by atoms with E-state index in [0.717, 1.165) is 26.1 Å². The Morgan fingerprint density at radius 2 is 2.24 bits per heavy atom. The fraction of sp³-hybridized carbons (Fsp3) is 0.647. The zero-order valence-corrected chi connectivity index (χ0v) is 14.7. The monoisotopic (exact) mass is 354 g/mol. The van der Waals surface area contributed by atoms with Crippen LogP contribution in [-0.4, -0.2) is 30.8 Å². The summed E-state index contributed by atoms with van der Waals surface area (Å²) < 4.78 is 1.18. The van der Waals surface area contributed by atoms with Gasteiger partial charge in [-0.2, -0.15) is 0 Å². The van der Waals surface area contributed by atoms with Crippen LogP contribution in [0, 0.1) is 5.92 Å². The van der Waals surface area contributed by atoms with Crippen LogP contribution in [0.5, 0.6) is 0 Å². The molecule has 2 rings (SSSR count). The number of nitrogens with one attached hydrogen (secondary N) is 1. The van der Waals surface area contributed by atoms with Gasteiger partial charge in [0.2, 0.25) is 0 Å². The number of hydrogen-bond donors (Lipinski definition) is 2. The van der Waals surface area contributed by atoms with Crippen LogP contribution in [0.2, 0.25) is 0 Å². The molecule has 21 heavy (non-hydrogen) atoms. The Morgan fingerprint density at radius 3 is 2.90 bits per heavy atom. The molecular formula is C17H27BrN2O. The van der Waals surface area contributed by atoms with Crippen LogP contribution in [0.3, 0.4) is 0 Å². The summed E-state index contributed by atoms with van der Waals surface area (Å²) in [7, 11) is 0. The summed E-state index contributed by atoms with van der Waals surface area (Å²) in [4.78, 5) is 2.45. The van der Waals surface area contributed by atoms with Crippen LogP contribution in [-0.2, 0) is 6.54 Å². The summed E-state index contributed by atoms with van der Waals surface area (Å²) in [6, 6.07) is 7.17. The first kappa shape index (κ1) is 16.8. The quantitative estimate of drug-likeness (QED) is 0.819. The lowest BCUT2D eigenvalue weighted by Crippen LogP contribution is -2.36. The highest BCUT2D eigenvalue weighted by Gasteiger charge is 2.21. The van der Waals surface area contributed by atoms with E-state index in [2.05, 4.69) is 58.2 Å². The Bertz CT molecular complexity index is 448. The van der Waals surface area contributed by atoms with Crippen molar-refractivity contribution < 1.29 is 5.11 Å². The van der Waals surface area contributed by atoms with Gasteiger partial charge in [0.15, 0.2) is 0 Å². The van der Waals surface area contributed by atoms with Crippen molar-refractivity contribution in [2.45, 2.75) is 45.7 Å². The van der Waals surface area contributed by atoms with Gasteiger partial charge in [-0.3, -0.25) is 0 Å². The highest BCUT2D eigenvalue weighted by molar-refractivity contribution is 9.10. The zero-order valence-electron chi connectivity index (χ0n) is 13.1. The molecule has 1 aliphatic heterocycles. The third-order valence-electron chi connectivity index (χ3n) is 4.12. The number of hydrogen-bond acceptors (Lipinski definition) is 3. The van der Waals surface area contributed by atoms with E-state index in [1.54, 1.807) is 0 Å². The molecule has 1 heterocycles. The van der Waals surface area contributed by atoms with Crippen molar-refractivity contribution in [3.05, 3.63) is 28.2 Å². The molecule has 0 aliphatic carbocycles. The Morgan fingerprint density at radius 1 is 1.43 bits per heavy atom. The van der Waals surface area contributed by atoms with Crippen LogP contribution in [0.4, 0.5) is 5.69 Å². The number of anilines is 1. The maximum atomic E-state index is 9.14. The van der Waals surface area contributed by atoms with E-state index in [9.17, 15) is 0 Å². The molecule has 118 valence electrons. The average Bonchev–Trinajstić information content (AvgIpc) is 2.46. The summed E-state index contributed by atoms with van der Waals surface area (Å²) >= 11 is 3.73. The molecule has 1 aliphatic rings. The smallest absolute Gasteiger partial charge is 0.0510 e. The Labute approximate surface area is 136 Å². The van der Waals surface area contributed by atoms with E-state index >= 15 is 0 Å². The fourth-order valence-corrected chi connectivity index (χ4v) is 3.62. The van der Waals surface area contributed by atoms with E-state index in [1.165, 1.54) is 28.6 Å². The van der Waals surface area contributed by atoms with Crippen molar-refractivity contribution in [1.29, 1.82) is 0 Å². The minimum absolute atomic E-state index is 0.305. The maximum absolute atomic E-state index is 9.14. The Balaban J connectivity index is 2.02. The number of nitrogens with zero attached hydrogens (tertiary/aromatic N) is 1. The summed E-state index contributed by atoms with van der Waals surface area (Å²) in [6.45, 7) is 7.72. The minimum Gasteiger partial charge on any atom is -0.396 e. The van der Waals surface area contributed by atoms with Gasteiger partial charge in [-0.1, -0.05) is 19.9 Å². The number of benzene rings is 1. The second kappa shape index (κ2) is 8.16. The van der Waals surface area contributed by atoms with Gasteiger partial charge < -0.3 is 15.3 Å². The lowest BCUT2D eigenvalue weighted by molar-refractivity contribution is 0.244. The number of aliphatic hydroxyl groups is 1. The van der Waals surface area contributed by atoms with Gasteiger partial charge in [-0.15, -0.1) is 0 Å². The lowest BCUT2D eigenvalue weighted by atomic mass is 9.94. The standard InChI is InChI=1S/C17H27BrN2O/c1-13(2)19-11-15-5-6-17(16(18)10-15)20-8-3-4-14(12-20)7-9-21/h5-6,10,13-14,19,21H,3-4,7-9,11-12H2,1-2H3. The van der Waals surface area contributed by atoms with Crippen molar-refractivity contribution in [2.75, 3.05) is 24.6 Å². The first-order chi connectivity index (χ1) is 10.1. The molecule has 1 aromatic carbocycles. The van der Waals surface area contributed by atoms with Gasteiger partial charge >= 0.3 is 0 Å². The van der Waals surface area contributed by atoms with Gasteiger partial charge in [-0.05, 0) is 58.8 Å². The Hall–Kier alpha value is -0.580. The predicted octanol–water partition coefficient (Wildman–Crippen LogP) is 3.55. The van der Waals surface area contributed by atoms with Crippen molar-refractivity contribution in [1.82, 2.24) is 5.32 Å². The molecule has 1 unspecified atom stereocenters.